The summed E-state index contributed by atoms with van der Waals surface area (Å²) in [5, 5.41) is 1.34. The van der Waals surface area contributed by atoms with Crippen LogP contribution in [0.1, 0.15) is 31.5 Å². The van der Waals surface area contributed by atoms with E-state index in [9.17, 15) is 13.2 Å². The number of nitrogens with zero attached hydrogens (tertiary/aromatic N) is 4. The minimum absolute atomic E-state index is 0.0856. The van der Waals surface area contributed by atoms with E-state index in [2.05, 4.69) is 4.98 Å². The van der Waals surface area contributed by atoms with Crippen molar-refractivity contribution in [2.24, 2.45) is 0 Å². The molecule has 9 heteroatoms. The van der Waals surface area contributed by atoms with Gasteiger partial charge in [0.05, 0.1) is 37.5 Å². The van der Waals surface area contributed by atoms with Crippen LogP contribution in [-0.2, 0) is 26.2 Å². The molecule has 3 heterocycles. The van der Waals surface area contributed by atoms with E-state index in [1.807, 2.05) is 6.92 Å². The molecular weight excluding hydrogens is 308 g/mol. The summed E-state index contributed by atoms with van der Waals surface area (Å²) in [4.78, 5) is 22.0. The Balaban J connectivity index is 1.88. The fourth-order valence-electron chi connectivity index (χ4n) is 2.84. The Labute approximate surface area is 129 Å². The molecule has 0 bridgehead atoms. The Morgan fingerprint density at radius 2 is 2.32 bits per heavy atom. The predicted molar refractivity (Wildman–Crippen MR) is 78.0 cm³/mol. The third-order valence-electron chi connectivity index (χ3n) is 3.94. The Bertz CT molecular complexity index is 651. The molecule has 1 unspecified atom stereocenters. The lowest BCUT2D eigenvalue weighted by Crippen LogP contribution is -2.47. The van der Waals surface area contributed by atoms with Gasteiger partial charge in [-0.25, -0.2) is 18.5 Å². The van der Waals surface area contributed by atoms with Gasteiger partial charge in [0, 0.05) is 12.7 Å². The zero-order chi connectivity index (χ0) is 15.7. The van der Waals surface area contributed by atoms with Crippen molar-refractivity contribution in [1.29, 1.82) is 0 Å². The second-order valence-electron chi connectivity index (χ2n) is 5.54. The van der Waals surface area contributed by atoms with Crippen LogP contribution < -0.4 is 0 Å². The number of carbonyl (C=O) groups excluding carboxylic acids is 1. The highest BCUT2D eigenvalue weighted by Gasteiger charge is 2.38. The normalized spacial score (nSPS) is 22.8. The number of amides is 1. The maximum atomic E-state index is 12.6. The van der Waals surface area contributed by atoms with E-state index in [0.29, 0.717) is 19.6 Å². The SMILES string of the molecule is CCCS(=O)(=O)N1Cc2cncn2C(C(=O)N2CCCO2)C1. The number of aromatic nitrogens is 2. The van der Waals surface area contributed by atoms with E-state index in [1.54, 1.807) is 17.1 Å². The summed E-state index contributed by atoms with van der Waals surface area (Å²) in [5.74, 6) is -0.129. The molecule has 0 aromatic carbocycles. The first-order valence-corrected chi connectivity index (χ1v) is 9.06. The molecule has 1 amide bonds. The second kappa shape index (κ2) is 5.98. The first kappa shape index (κ1) is 15.4. The van der Waals surface area contributed by atoms with Gasteiger partial charge in [0.15, 0.2) is 0 Å². The van der Waals surface area contributed by atoms with Crippen LogP contribution >= 0.6 is 0 Å². The molecule has 1 atom stereocenters. The zero-order valence-electron chi connectivity index (χ0n) is 12.5. The van der Waals surface area contributed by atoms with Crippen LogP contribution in [0.5, 0.6) is 0 Å². The number of fused-ring (bicyclic) bond motifs is 1. The van der Waals surface area contributed by atoms with Crippen LogP contribution in [0.15, 0.2) is 12.5 Å². The highest BCUT2D eigenvalue weighted by atomic mass is 32.2. The summed E-state index contributed by atoms with van der Waals surface area (Å²) in [6.45, 7) is 3.28. The molecule has 1 aromatic heterocycles. The number of hydrogen-bond donors (Lipinski definition) is 0. The minimum Gasteiger partial charge on any atom is -0.319 e. The number of hydroxylamine groups is 2. The largest absolute Gasteiger partial charge is 0.319 e. The third kappa shape index (κ3) is 2.75. The van der Waals surface area contributed by atoms with Gasteiger partial charge in [-0.2, -0.15) is 4.31 Å². The van der Waals surface area contributed by atoms with E-state index >= 15 is 0 Å². The molecule has 2 aliphatic heterocycles. The van der Waals surface area contributed by atoms with E-state index in [1.165, 1.54) is 9.37 Å². The Kier molecular flexibility index (Phi) is 4.20. The molecule has 3 rings (SSSR count). The molecule has 0 N–H and O–H groups in total. The van der Waals surface area contributed by atoms with Gasteiger partial charge in [0.25, 0.3) is 5.91 Å². The average molecular weight is 328 g/mol. The number of rotatable bonds is 4. The fraction of sp³-hybridized carbons (Fsp3) is 0.692. The summed E-state index contributed by atoms with van der Waals surface area (Å²) in [6, 6.07) is -0.615. The average Bonchev–Trinajstić information content (AvgIpc) is 3.16. The fourth-order valence-corrected chi connectivity index (χ4v) is 4.32. The standard InChI is InChI=1S/C13H20N4O4S/c1-2-6-22(19,20)15-8-11-7-14-10-16(11)12(9-15)13(18)17-4-3-5-21-17/h7,10,12H,2-6,8-9H2,1H3. The summed E-state index contributed by atoms with van der Waals surface area (Å²) < 4.78 is 27.8. The van der Waals surface area contributed by atoms with Crippen LogP contribution in [0.25, 0.3) is 0 Å². The lowest BCUT2D eigenvalue weighted by molar-refractivity contribution is -0.173. The van der Waals surface area contributed by atoms with Crippen molar-refractivity contribution in [1.82, 2.24) is 18.9 Å². The maximum absolute atomic E-state index is 12.6. The van der Waals surface area contributed by atoms with Crippen molar-refractivity contribution >= 4 is 15.9 Å². The van der Waals surface area contributed by atoms with E-state index in [-0.39, 0.29) is 24.7 Å². The Morgan fingerprint density at radius 1 is 1.50 bits per heavy atom. The van der Waals surface area contributed by atoms with Crippen molar-refractivity contribution in [3.05, 3.63) is 18.2 Å². The molecule has 0 spiro atoms. The molecule has 1 fully saturated rings. The van der Waals surface area contributed by atoms with Crippen molar-refractivity contribution in [3.8, 4) is 0 Å². The quantitative estimate of drug-likeness (QED) is 0.785. The van der Waals surface area contributed by atoms with Gasteiger partial charge >= 0.3 is 0 Å². The molecular formula is C13H20N4O4S. The number of sulfonamides is 1. The molecule has 1 saturated heterocycles. The molecule has 0 saturated carbocycles. The lowest BCUT2D eigenvalue weighted by atomic mass is 10.2. The summed E-state index contributed by atoms with van der Waals surface area (Å²) in [7, 11) is -3.36. The van der Waals surface area contributed by atoms with Gasteiger partial charge in [-0.15, -0.1) is 0 Å². The minimum atomic E-state index is -3.36. The van der Waals surface area contributed by atoms with Crippen LogP contribution in [0, 0.1) is 0 Å². The predicted octanol–water partition coefficient (Wildman–Crippen LogP) is 0.143. The molecule has 22 heavy (non-hydrogen) atoms. The van der Waals surface area contributed by atoms with Crippen molar-refractivity contribution < 1.29 is 18.0 Å². The van der Waals surface area contributed by atoms with Gasteiger partial charge < -0.3 is 4.57 Å². The van der Waals surface area contributed by atoms with E-state index in [4.69, 9.17) is 4.84 Å². The van der Waals surface area contributed by atoms with Gasteiger partial charge in [-0.05, 0) is 12.8 Å². The van der Waals surface area contributed by atoms with Crippen molar-refractivity contribution in [2.45, 2.75) is 32.4 Å². The lowest BCUT2D eigenvalue weighted by Gasteiger charge is -2.34. The maximum Gasteiger partial charge on any atom is 0.270 e. The highest BCUT2D eigenvalue weighted by molar-refractivity contribution is 7.89. The third-order valence-corrected chi connectivity index (χ3v) is 5.93. The number of carbonyl (C=O) groups is 1. The molecule has 0 aliphatic carbocycles. The monoisotopic (exact) mass is 328 g/mol. The zero-order valence-corrected chi connectivity index (χ0v) is 13.3. The molecule has 0 radical (unpaired) electrons. The molecule has 122 valence electrons. The van der Waals surface area contributed by atoms with Crippen LogP contribution in [0.3, 0.4) is 0 Å². The Hall–Kier alpha value is -1.45. The number of imidazole rings is 1. The summed E-state index contributed by atoms with van der Waals surface area (Å²) in [6.07, 6.45) is 4.54. The van der Waals surface area contributed by atoms with Gasteiger partial charge in [0.2, 0.25) is 10.0 Å². The topological polar surface area (TPSA) is 84.7 Å². The van der Waals surface area contributed by atoms with Crippen molar-refractivity contribution in [2.75, 3.05) is 25.4 Å². The van der Waals surface area contributed by atoms with Crippen molar-refractivity contribution in [3.63, 3.8) is 0 Å². The summed E-state index contributed by atoms with van der Waals surface area (Å²) in [5.41, 5.74) is 0.725. The molecule has 1 aromatic rings. The van der Waals surface area contributed by atoms with Gasteiger partial charge in [-0.1, -0.05) is 6.92 Å². The van der Waals surface area contributed by atoms with E-state index < -0.39 is 16.1 Å². The summed E-state index contributed by atoms with van der Waals surface area (Å²) >= 11 is 0. The van der Waals surface area contributed by atoms with E-state index in [0.717, 1.165) is 12.1 Å². The van der Waals surface area contributed by atoms with Crippen LogP contribution in [0.4, 0.5) is 0 Å². The first-order chi connectivity index (χ1) is 10.5. The number of hydrogen-bond acceptors (Lipinski definition) is 5. The Morgan fingerprint density at radius 3 is 3.00 bits per heavy atom. The second-order valence-corrected chi connectivity index (χ2v) is 7.63. The van der Waals surface area contributed by atoms with Crippen LogP contribution in [-0.4, -0.2) is 58.7 Å². The van der Waals surface area contributed by atoms with Gasteiger partial charge in [0.1, 0.15) is 6.04 Å². The molecule has 8 nitrogen and oxygen atoms in total. The van der Waals surface area contributed by atoms with Gasteiger partial charge in [-0.3, -0.25) is 9.63 Å². The smallest absolute Gasteiger partial charge is 0.270 e. The highest BCUT2D eigenvalue weighted by Crippen LogP contribution is 2.26. The van der Waals surface area contributed by atoms with Crippen LogP contribution in [0.2, 0.25) is 0 Å². The first-order valence-electron chi connectivity index (χ1n) is 7.45. The molecule has 2 aliphatic rings.